The molecule has 0 radical (unpaired) electrons. The molecule has 110 valence electrons. The summed E-state index contributed by atoms with van der Waals surface area (Å²) in [6.45, 7) is 1.65. The number of hydrogen-bond acceptors (Lipinski definition) is 4. The zero-order chi connectivity index (χ0) is 13.1. The van der Waals surface area contributed by atoms with E-state index >= 15 is 0 Å². The molecule has 2 heterocycles. The zero-order valence-electron chi connectivity index (χ0n) is 11.5. The summed E-state index contributed by atoms with van der Waals surface area (Å²) in [5, 5.41) is 6.25. The van der Waals surface area contributed by atoms with Gasteiger partial charge < -0.3 is 15.4 Å². The highest BCUT2D eigenvalue weighted by atomic mass is 35.5. The van der Waals surface area contributed by atoms with E-state index in [-0.39, 0.29) is 18.3 Å². The number of amides is 1. The molecule has 6 heteroatoms. The summed E-state index contributed by atoms with van der Waals surface area (Å²) in [6.07, 6.45) is 5.16. The van der Waals surface area contributed by atoms with Gasteiger partial charge in [-0.3, -0.25) is 4.79 Å². The molecule has 2 N–H and O–H groups in total. The van der Waals surface area contributed by atoms with Crippen molar-refractivity contribution in [2.24, 2.45) is 5.92 Å². The SMILES string of the molecule is COC(=O)[C@H](C)NC(=O)CC1CC2CCC(C1)N2.Cl. The van der Waals surface area contributed by atoms with Crippen molar-refractivity contribution in [2.75, 3.05) is 7.11 Å². The second-order valence-electron chi connectivity index (χ2n) is 5.49. The van der Waals surface area contributed by atoms with Crippen LogP contribution >= 0.6 is 12.4 Å². The van der Waals surface area contributed by atoms with Gasteiger partial charge in [-0.25, -0.2) is 4.79 Å². The summed E-state index contributed by atoms with van der Waals surface area (Å²) in [7, 11) is 1.33. The molecule has 0 aromatic carbocycles. The molecule has 0 aliphatic carbocycles. The molecule has 0 spiro atoms. The van der Waals surface area contributed by atoms with Gasteiger partial charge >= 0.3 is 5.97 Å². The van der Waals surface area contributed by atoms with Gasteiger partial charge in [0.15, 0.2) is 0 Å². The molecule has 2 bridgehead atoms. The number of esters is 1. The Bertz CT molecular complexity index is 326. The highest BCUT2D eigenvalue weighted by Crippen LogP contribution is 2.32. The van der Waals surface area contributed by atoms with E-state index in [9.17, 15) is 9.59 Å². The first-order valence-electron chi connectivity index (χ1n) is 6.71. The number of nitrogens with one attached hydrogen (secondary N) is 2. The number of hydrogen-bond donors (Lipinski definition) is 2. The van der Waals surface area contributed by atoms with Crippen molar-refractivity contribution in [1.82, 2.24) is 10.6 Å². The number of halogens is 1. The maximum atomic E-state index is 11.8. The fourth-order valence-corrected chi connectivity index (χ4v) is 3.14. The first kappa shape index (κ1) is 16.2. The molecule has 3 atom stereocenters. The van der Waals surface area contributed by atoms with Gasteiger partial charge in [0, 0.05) is 18.5 Å². The quantitative estimate of drug-likeness (QED) is 0.758. The van der Waals surface area contributed by atoms with E-state index in [2.05, 4.69) is 15.4 Å². The molecule has 2 fully saturated rings. The van der Waals surface area contributed by atoms with Crippen molar-refractivity contribution >= 4 is 24.3 Å². The van der Waals surface area contributed by atoms with Crippen molar-refractivity contribution in [1.29, 1.82) is 0 Å². The molecule has 1 amide bonds. The van der Waals surface area contributed by atoms with E-state index in [0.29, 0.717) is 24.4 Å². The summed E-state index contributed by atoms with van der Waals surface area (Å²) in [4.78, 5) is 23.0. The Hall–Kier alpha value is -0.810. The molecular weight excluding hydrogens is 268 g/mol. The highest BCUT2D eigenvalue weighted by molar-refractivity contribution is 5.85. The summed E-state index contributed by atoms with van der Waals surface area (Å²) in [5.74, 6) is 0.0153. The minimum atomic E-state index is -0.555. The Morgan fingerprint density at radius 2 is 1.89 bits per heavy atom. The van der Waals surface area contributed by atoms with Crippen molar-refractivity contribution in [3.63, 3.8) is 0 Å². The molecule has 2 aliphatic rings. The molecule has 0 aromatic heterocycles. The van der Waals surface area contributed by atoms with Gasteiger partial charge in [0.05, 0.1) is 7.11 Å². The molecule has 2 unspecified atom stereocenters. The first-order valence-corrected chi connectivity index (χ1v) is 6.71. The molecule has 2 aliphatic heterocycles. The summed E-state index contributed by atoms with van der Waals surface area (Å²) < 4.78 is 4.58. The third kappa shape index (κ3) is 4.35. The van der Waals surface area contributed by atoms with Crippen LogP contribution in [0.5, 0.6) is 0 Å². The van der Waals surface area contributed by atoms with Crippen LogP contribution < -0.4 is 10.6 Å². The summed E-state index contributed by atoms with van der Waals surface area (Å²) in [5.41, 5.74) is 0. The van der Waals surface area contributed by atoms with Gasteiger partial charge in [-0.2, -0.15) is 0 Å². The largest absolute Gasteiger partial charge is 0.467 e. The maximum absolute atomic E-state index is 11.8. The molecule has 5 nitrogen and oxygen atoms in total. The lowest BCUT2D eigenvalue weighted by Gasteiger charge is -2.28. The fraction of sp³-hybridized carbons (Fsp3) is 0.846. The number of carbonyl (C=O) groups excluding carboxylic acids is 2. The van der Waals surface area contributed by atoms with E-state index in [4.69, 9.17) is 0 Å². The van der Waals surface area contributed by atoms with Crippen molar-refractivity contribution in [2.45, 2.75) is 57.2 Å². The fourth-order valence-electron chi connectivity index (χ4n) is 3.14. The third-order valence-corrected chi connectivity index (χ3v) is 3.98. The number of methoxy groups -OCH3 is 1. The minimum Gasteiger partial charge on any atom is -0.467 e. The lowest BCUT2D eigenvalue weighted by Crippen LogP contribution is -2.42. The summed E-state index contributed by atoms with van der Waals surface area (Å²) in [6, 6.07) is 0.639. The Morgan fingerprint density at radius 1 is 1.32 bits per heavy atom. The standard InChI is InChI=1S/C13H22N2O3.ClH/c1-8(13(17)18-2)14-12(16)7-9-5-10-3-4-11(6-9)15-10;/h8-11,15H,3-7H2,1-2H3,(H,14,16);1H/t8-,9?,10?,11?;/m0./s1. The molecular formula is C13H23ClN2O3. The van der Waals surface area contributed by atoms with E-state index in [1.165, 1.54) is 20.0 Å². The number of fused-ring (bicyclic) bond motifs is 2. The average Bonchev–Trinajstić information content (AvgIpc) is 2.67. The monoisotopic (exact) mass is 290 g/mol. The van der Waals surface area contributed by atoms with Gasteiger partial charge in [0.2, 0.25) is 5.91 Å². The minimum absolute atomic E-state index is 0. The highest BCUT2D eigenvalue weighted by Gasteiger charge is 2.34. The topological polar surface area (TPSA) is 67.4 Å². The van der Waals surface area contributed by atoms with Crippen molar-refractivity contribution in [3.8, 4) is 0 Å². The van der Waals surface area contributed by atoms with Crippen LogP contribution in [0.2, 0.25) is 0 Å². The molecule has 2 saturated heterocycles. The van der Waals surface area contributed by atoms with Gasteiger partial charge in [-0.1, -0.05) is 0 Å². The summed E-state index contributed by atoms with van der Waals surface area (Å²) >= 11 is 0. The number of ether oxygens (including phenoxy) is 1. The lowest BCUT2D eigenvalue weighted by molar-refractivity contribution is -0.144. The predicted molar refractivity (Wildman–Crippen MR) is 74.2 cm³/mol. The van der Waals surface area contributed by atoms with Crippen LogP contribution in [0.15, 0.2) is 0 Å². The van der Waals surface area contributed by atoms with Crippen LogP contribution in [-0.4, -0.2) is 37.1 Å². The zero-order valence-corrected chi connectivity index (χ0v) is 12.3. The van der Waals surface area contributed by atoms with E-state index < -0.39 is 12.0 Å². The van der Waals surface area contributed by atoms with Gasteiger partial charge in [-0.05, 0) is 38.5 Å². The van der Waals surface area contributed by atoms with Crippen LogP contribution in [0.1, 0.15) is 39.0 Å². The molecule has 2 rings (SSSR count). The Morgan fingerprint density at radius 3 is 2.42 bits per heavy atom. The van der Waals surface area contributed by atoms with Crippen molar-refractivity contribution in [3.05, 3.63) is 0 Å². The smallest absolute Gasteiger partial charge is 0.328 e. The van der Waals surface area contributed by atoms with Gasteiger partial charge in [-0.15, -0.1) is 12.4 Å². The third-order valence-electron chi connectivity index (χ3n) is 3.98. The van der Waals surface area contributed by atoms with Crippen LogP contribution in [0.3, 0.4) is 0 Å². The van der Waals surface area contributed by atoms with Crippen LogP contribution in [0.25, 0.3) is 0 Å². The lowest BCUT2D eigenvalue weighted by atomic mass is 9.89. The van der Waals surface area contributed by atoms with Crippen molar-refractivity contribution < 1.29 is 14.3 Å². The number of piperidine rings is 1. The van der Waals surface area contributed by atoms with Crippen LogP contribution in [0, 0.1) is 5.92 Å². The normalized spacial score (nSPS) is 30.1. The Labute approximate surface area is 120 Å². The van der Waals surface area contributed by atoms with Crippen LogP contribution in [0.4, 0.5) is 0 Å². The van der Waals surface area contributed by atoms with E-state index in [0.717, 1.165) is 12.8 Å². The molecule has 0 aromatic rings. The van der Waals surface area contributed by atoms with E-state index in [1.54, 1.807) is 6.92 Å². The van der Waals surface area contributed by atoms with E-state index in [1.807, 2.05) is 0 Å². The van der Waals surface area contributed by atoms with Gasteiger partial charge in [0.1, 0.15) is 6.04 Å². The van der Waals surface area contributed by atoms with Crippen LogP contribution in [-0.2, 0) is 14.3 Å². The second-order valence-corrected chi connectivity index (χ2v) is 5.49. The van der Waals surface area contributed by atoms with Gasteiger partial charge in [0.25, 0.3) is 0 Å². The molecule has 0 saturated carbocycles. The number of rotatable bonds is 4. The molecule has 19 heavy (non-hydrogen) atoms. The Balaban J connectivity index is 0.00000180. The second kappa shape index (κ2) is 7.10. The average molecular weight is 291 g/mol. The first-order chi connectivity index (χ1) is 8.58. The predicted octanol–water partition coefficient (Wildman–Crippen LogP) is 1.01. The maximum Gasteiger partial charge on any atom is 0.328 e. The Kier molecular flexibility index (Phi) is 6.07. The number of carbonyl (C=O) groups is 2.